The molecule has 2 atom stereocenters. The molecule has 2 saturated heterocycles. The zero-order valence-electron chi connectivity index (χ0n) is 39.3. The number of hydrogen-bond donors (Lipinski definition) is 4. The maximum Gasteiger partial charge on any atom is 0.268 e. The molecule has 360 valence electrons. The van der Waals surface area contributed by atoms with E-state index in [0.717, 1.165) is 57.1 Å². The van der Waals surface area contributed by atoms with Gasteiger partial charge in [0.1, 0.15) is 46.7 Å². The molecule has 4 N–H and O–H groups in total. The number of nitrogens with zero attached hydrogens (tertiary/aromatic N) is 4. The van der Waals surface area contributed by atoms with Gasteiger partial charge in [0.2, 0.25) is 0 Å². The molecule has 2 aromatic heterocycles. The summed E-state index contributed by atoms with van der Waals surface area (Å²) in [5.74, 6) is -0.373. The summed E-state index contributed by atoms with van der Waals surface area (Å²) in [6.45, 7) is 11.3. The molecule has 1 amide bonds. The van der Waals surface area contributed by atoms with Crippen molar-refractivity contribution in [2.75, 3.05) is 36.5 Å². The van der Waals surface area contributed by atoms with Crippen LogP contribution in [0.5, 0.6) is 17.2 Å². The van der Waals surface area contributed by atoms with Crippen LogP contribution in [-0.4, -0.2) is 78.2 Å². The molecular weight excluding hydrogens is 886 g/mol. The van der Waals surface area contributed by atoms with Crippen molar-refractivity contribution >= 4 is 44.0 Å². The van der Waals surface area contributed by atoms with E-state index < -0.39 is 27.3 Å². The number of nitrogens with one attached hydrogen (secondary N) is 3. The first-order valence-electron chi connectivity index (χ1n) is 24.4. The highest BCUT2D eigenvalue weighted by atomic mass is 32.2. The number of pyridine rings is 1. The van der Waals surface area contributed by atoms with Crippen LogP contribution in [0.2, 0.25) is 0 Å². The van der Waals surface area contributed by atoms with Crippen LogP contribution in [-0.2, 0) is 16.4 Å². The molecule has 2 aliphatic carbocycles. The fourth-order valence-corrected chi connectivity index (χ4v) is 12.8. The minimum Gasteiger partial charge on any atom is -0.489 e. The molecule has 0 radical (unpaired) electrons. The van der Waals surface area contributed by atoms with Crippen molar-refractivity contribution in [1.29, 1.82) is 0 Å². The molecule has 5 aliphatic rings. The molecule has 68 heavy (non-hydrogen) atoms. The van der Waals surface area contributed by atoms with E-state index >= 15 is 0 Å². The van der Waals surface area contributed by atoms with Gasteiger partial charge >= 0.3 is 0 Å². The lowest BCUT2D eigenvalue weighted by Crippen LogP contribution is -2.54. The number of aromatic nitrogens is 2. The Kier molecular flexibility index (Phi) is 12.3. The highest BCUT2D eigenvalue weighted by Gasteiger charge is 2.50. The smallest absolute Gasteiger partial charge is 0.268 e. The zero-order valence-corrected chi connectivity index (χ0v) is 40.1. The standard InChI is InChI=1S/C52H62FN7O7S/c1-5-41-46(26-39-40(53)29-54-49(39)56-41)67-45-23-33(59-21-18-52(19-22-59)27-34(28-52)60-20-8-11-44(60)37-10-7-6-9-36(37)31(2)3)12-13-38(45)50(61)58-68(64,65)35-24-42(57-63)48-47(25-35)66-30-43(55-48)32-14-16-51(4,62)17-15-32/h6-7,9-10,12-13,23-26,29,31-32,34,43-44,55,62H,5,8,11,14-22,27-28,30H2,1-4H3,(H,54,56)(H,58,61)/t32-,43-,44-,51-/m1/s1. The van der Waals surface area contributed by atoms with Crippen LogP contribution in [0.4, 0.5) is 21.5 Å². The SMILES string of the molecule is CCc1nc2[nH]cc(F)c2cc1Oc1cc(N2CCC3(CC2)CC(N2CCC[C@@H]2c2ccccc2C(C)C)C3)ccc1C(=O)NS(=O)(=O)c1cc(N=O)c2c(c1)OC[C@H]([C@H]1CC[C@](C)(O)CC1)N2. The molecule has 3 aromatic carbocycles. The number of likely N-dealkylation sites (tertiary alicyclic amines) is 1. The van der Waals surface area contributed by atoms with Gasteiger partial charge in [0, 0.05) is 49.2 Å². The van der Waals surface area contributed by atoms with Gasteiger partial charge in [0.15, 0.2) is 0 Å². The summed E-state index contributed by atoms with van der Waals surface area (Å²) >= 11 is 0. The summed E-state index contributed by atoms with van der Waals surface area (Å²) in [6, 6.07) is 18.9. The van der Waals surface area contributed by atoms with Gasteiger partial charge in [-0.15, -0.1) is 4.91 Å². The number of sulfonamides is 1. The van der Waals surface area contributed by atoms with Gasteiger partial charge in [0.05, 0.1) is 33.2 Å². The van der Waals surface area contributed by atoms with Gasteiger partial charge < -0.3 is 29.8 Å². The summed E-state index contributed by atoms with van der Waals surface area (Å²) < 4.78 is 57.7. The Morgan fingerprint density at radius 3 is 2.53 bits per heavy atom. The van der Waals surface area contributed by atoms with Crippen LogP contribution in [0.25, 0.3) is 11.0 Å². The number of aryl methyl sites for hydroxylation is 1. The fraction of sp³-hybridized carbons (Fsp3) is 0.500. The maximum absolute atomic E-state index is 14.9. The molecule has 2 saturated carbocycles. The molecule has 5 aromatic rings. The molecule has 3 aliphatic heterocycles. The summed E-state index contributed by atoms with van der Waals surface area (Å²) in [7, 11) is -4.60. The van der Waals surface area contributed by atoms with Crippen molar-refractivity contribution in [2.24, 2.45) is 16.5 Å². The van der Waals surface area contributed by atoms with Crippen LogP contribution in [0.15, 0.2) is 76.9 Å². The maximum atomic E-state index is 14.9. The molecule has 16 heteroatoms. The van der Waals surface area contributed by atoms with E-state index in [4.69, 9.17) is 9.47 Å². The van der Waals surface area contributed by atoms with Crippen LogP contribution in [0.3, 0.4) is 0 Å². The van der Waals surface area contributed by atoms with E-state index in [2.05, 4.69) is 73.1 Å². The number of nitroso groups, excluding NO2 is 1. The lowest BCUT2D eigenvalue weighted by atomic mass is 9.59. The number of halogens is 1. The van der Waals surface area contributed by atoms with E-state index in [9.17, 15) is 27.6 Å². The first kappa shape index (κ1) is 46.2. The van der Waals surface area contributed by atoms with Gasteiger partial charge in [-0.05, 0) is 142 Å². The number of fused-ring (bicyclic) bond motifs is 2. The van der Waals surface area contributed by atoms with Crippen LogP contribution >= 0.6 is 0 Å². The number of benzene rings is 3. The number of carbonyl (C=O) groups is 1. The monoisotopic (exact) mass is 947 g/mol. The highest BCUT2D eigenvalue weighted by molar-refractivity contribution is 7.90. The summed E-state index contributed by atoms with van der Waals surface area (Å²) in [5.41, 5.74) is 4.23. The summed E-state index contributed by atoms with van der Waals surface area (Å²) in [5, 5.41) is 17.2. The first-order valence-corrected chi connectivity index (χ1v) is 25.9. The highest BCUT2D eigenvalue weighted by Crippen LogP contribution is 2.54. The topological polar surface area (TPSA) is 179 Å². The van der Waals surface area contributed by atoms with Crippen LogP contribution in [0, 0.1) is 22.1 Å². The van der Waals surface area contributed by atoms with Crippen LogP contribution < -0.4 is 24.4 Å². The van der Waals surface area contributed by atoms with E-state index in [1.54, 1.807) is 18.2 Å². The Bertz CT molecular complexity index is 2840. The Hall–Kier alpha value is -5.58. The molecule has 4 fully saturated rings. The molecular formula is C52H62FN7O7S. The van der Waals surface area contributed by atoms with E-state index in [1.807, 2.05) is 19.9 Å². The number of amides is 1. The molecule has 1 spiro atoms. The van der Waals surface area contributed by atoms with Gasteiger partial charge in [-0.1, -0.05) is 45.0 Å². The predicted molar refractivity (Wildman–Crippen MR) is 260 cm³/mol. The third-order valence-corrected chi connectivity index (χ3v) is 17.1. The average molecular weight is 948 g/mol. The fourth-order valence-electron chi connectivity index (χ4n) is 11.8. The number of hydrogen-bond acceptors (Lipinski definition) is 12. The number of ether oxygens (including phenoxy) is 2. The number of piperidine rings is 1. The predicted octanol–water partition coefficient (Wildman–Crippen LogP) is 10.4. The molecule has 0 bridgehead atoms. The van der Waals surface area contributed by atoms with Crippen molar-refractivity contribution in [2.45, 2.75) is 133 Å². The molecule has 10 rings (SSSR count). The Labute approximate surface area is 397 Å². The van der Waals surface area contributed by atoms with Gasteiger partial charge in [-0.2, -0.15) is 0 Å². The van der Waals surface area contributed by atoms with E-state index in [-0.39, 0.29) is 68.5 Å². The number of carbonyl (C=O) groups excluding carboxylic acids is 1. The number of aliphatic hydroxyl groups is 1. The molecule has 14 nitrogen and oxygen atoms in total. The second kappa shape index (κ2) is 18.1. The van der Waals surface area contributed by atoms with Crippen molar-refractivity contribution in [3.63, 3.8) is 0 Å². The number of H-pyrrole nitrogens is 1. The second-order valence-corrected chi connectivity index (χ2v) is 22.3. The lowest BCUT2D eigenvalue weighted by Gasteiger charge is -2.56. The lowest BCUT2D eigenvalue weighted by molar-refractivity contribution is -0.0227. The average Bonchev–Trinajstić information content (AvgIpc) is 3.96. The third-order valence-electron chi connectivity index (χ3n) is 15.8. The van der Waals surface area contributed by atoms with Gasteiger partial charge in [-0.3, -0.25) is 9.69 Å². The quantitative estimate of drug-likeness (QED) is 0.0875. The third kappa shape index (κ3) is 8.83. The normalized spacial score (nSPS) is 24.0. The van der Waals surface area contributed by atoms with Crippen molar-refractivity contribution in [3.8, 4) is 17.2 Å². The minimum absolute atomic E-state index is 0.0672. The molecule has 0 unspecified atom stereocenters. The largest absolute Gasteiger partial charge is 0.489 e. The van der Waals surface area contributed by atoms with Gasteiger partial charge in [0.25, 0.3) is 15.9 Å². The Morgan fingerprint density at radius 1 is 1.03 bits per heavy atom. The van der Waals surface area contributed by atoms with Gasteiger partial charge in [-0.25, -0.2) is 22.5 Å². The Morgan fingerprint density at radius 2 is 1.79 bits per heavy atom. The molecule has 5 heterocycles. The van der Waals surface area contributed by atoms with E-state index in [0.29, 0.717) is 48.6 Å². The van der Waals surface area contributed by atoms with Crippen molar-refractivity contribution in [3.05, 3.63) is 100.0 Å². The number of rotatable bonds is 12. The van der Waals surface area contributed by atoms with Crippen molar-refractivity contribution in [1.82, 2.24) is 19.6 Å². The zero-order chi connectivity index (χ0) is 47.5. The second-order valence-electron chi connectivity index (χ2n) is 20.6. The first-order chi connectivity index (χ1) is 32.6. The number of aromatic amines is 1. The van der Waals surface area contributed by atoms with Crippen LogP contribution in [0.1, 0.15) is 131 Å². The Balaban J connectivity index is 0.875. The van der Waals surface area contributed by atoms with Crippen molar-refractivity contribution < 1.29 is 32.2 Å². The minimum atomic E-state index is -4.60. The number of anilines is 2. The summed E-state index contributed by atoms with van der Waals surface area (Å²) in [4.78, 5) is 38.6. The summed E-state index contributed by atoms with van der Waals surface area (Å²) in [6.07, 6.45) is 11.3. The van der Waals surface area contributed by atoms with E-state index in [1.165, 1.54) is 49.1 Å².